The molecule has 14 heavy (non-hydrogen) atoms. The minimum atomic E-state index is -0.202. The first-order chi connectivity index (χ1) is 6.67. The molecule has 0 saturated heterocycles. The van der Waals surface area contributed by atoms with Crippen molar-refractivity contribution in [3.05, 3.63) is 0 Å². The van der Waals surface area contributed by atoms with Crippen LogP contribution in [0.4, 0.5) is 0 Å². The third kappa shape index (κ3) is 4.20. The van der Waals surface area contributed by atoms with Crippen LogP contribution in [0.5, 0.6) is 0 Å². The molecule has 2 N–H and O–H groups in total. The first-order valence-corrected chi connectivity index (χ1v) is 4.56. The van der Waals surface area contributed by atoms with Crippen LogP contribution >= 0.6 is 0 Å². The number of hydroxylamine groups is 2. The van der Waals surface area contributed by atoms with Gasteiger partial charge >= 0.3 is 0 Å². The summed E-state index contributed by atoms with van der Waals surface area (Å²) in [6.07, 6.45) is 0.603. The Morgan fingerprint density at radius 2 is 2.14 bits per heavy atom. The summed E-state index contributed by atoms with van der Waals surface area (Å²) in [6.45, 7) is 5.99. The highest BCUT2D eigenvalue weighted by Crippen LogP contribution is 1.96. The van der Waals surface area contributed by atoms with Crippen molar-refractivity contribution in [3.63, 3.8) is 0 Å². The molecular formula is C8H18N4O2. The van der Waals surface area contributed by atoms with Crippen molar-refractivity contribution in [1.82, 2.24) is 16.0 Å². The molecule has 0 bridgehead atoms. The Morgan fingerprint density at radius 3 is 2.50 bits per heavy atom. The summed E-state index contributed by atoms with van der Waals surface area (Å²) >= 11 is 0. The highest BCUT2D eigenvalue weighted by molar-refractivity contribution is 5.95. The number of amidine groups is 1. The Morgan fingerprint density at radius 1 is 1.50 bits per heavy atom. The van der Waals surface area contributed by atoms with Crippen LogP contribution in [0.25, 0.3) is 0 Å². The van der Waals surface area contributed by atoms with Gasteiger partial charge in [-0.25, -0.2) is 11.0 Å². The van der Waals surface area contributed by atoms with Crippen molar-refractivity contribution in [2.45, 2.75) is 27.2 Å². The molecule has 0 saturated carbocycles. The molecule has 0 aromatic heterocycles. The van der Waals surface area contributed by atoms with Gasteiger partial charge in [0.15, 0.2) is 5.84 Å². The lowest BCUT2D eigenvalue weighted by Crippen LogP contribution is -2.37. The topological polar surface area (TPSA) is 66.0 Å². The van der Waals surface area contributed by atoms with Crippen LogP contribution in [0.15, 0.2) is 5.10 Å². The lowest BCUT2D eigenvalue weighted by molar-refractivity contribution is -0.153. The fourth-order valence-electron chi connectivity index (χ4n) is 0.867. The van der Waals surface area contributed by atoms with Crippen LogP contribution in [-0.2, 0) is 9.63 Å². The molecule has 0 unspecified atom stereocenters. The maximum atomic E-state index is 11.1. The Hall–Kier alpha value is -1.14. The second-order valence-electron chi connectivity index (χ2n) is 2.52. The van der Waals surface area contributed by atoms with Gasteiger partial charge in [0.25, 0.3) is 0 Å². The molecule has 82 valence electrons. The summed E-state index contributed by atoms with van der Waals surface area (Å²) in [5.41, 5.74) is 5.42. The summed E-state index contributed by atoms with van der Waals surface area (Å²) in [5, 5.41) is 5.10. The smallest absolute Gasteiger partial charge is 0.248 e. The SMILES string of the molecule is CCNN/N=C(/CC)N(OC)C(C)=O. The number of hydrazine groups is 1. The number of amides is 1. The Balaban J connectivity index is 4.34. The molecule has 0 heterocycles. The van der Waals surface area contributed by atoms with Gasteiger partial charge in [0.1, 0.15) is 0 Å². The molecular weight excluding hydrogens is 184 g/mol. The van der Waals surface area contributed by atoms with E-state index in [-0.39, 0.29) is 5.91 Å². The maximum Gasteiger partial charge on any atom is 0.248 e. The van der Waals surface area contributed by atoms with Crippen LogP contribution in [-0.4, -0.2) is 30.5 Å². The fourth-order valence-corrected chi connectivity index (χ4v) is 0.867. The van der Waals surface area contributed by atoms with E-state index in [0.717, 1.165) is 11.6 Å². The molecule has 0 atom stereocenters. The molecule has 0 radical (unpaired) electrons. The van der Waals surface area contributed by atoms with Gasteiger partial charge in [0.05, 0.1) is 7.11 Å². The minimum Gasteiger partial charge on any atom is -0.272 e. The number of carbonyl (C=O) groups is 1. The highest BCUT2D eigenvalue weighted by Gasteiger charge is 2.13. The zero-order valence-corrected chi connectivity index (χ0v) is 9.13. The number of rotatable bonds is 5. The maximum absolute atomic E-state index is 11.1. The summed E-state index contributed by atoms with van der Waals surface area (Å²) in [6, 6.07) is 0. The van der Waals surface area contributed by atoms with Gasteiger partial charge in [0.2, 0.25) is 5.91 Å². The van der Waals surface area contributed by atoms with Crippen LogP contribution < -0.4 is 11.0 Å². The second kappa shape index (κ2) is 7.28. The second-order valence-corrected chi connectivity index (χ2v) is 2.52. The van der Waals surface area contributed by atoms with Gasteiger partial charge in [0, 0.05) is 19.9 Å². The first-order valence-electron chi connectivity index (χ1n) is 4.56. The summed E-state index contributed by atoms with van der Waals surface area (Å²) in [4.78, 5) is 16.0. The lowest BCUT2D eigenvalue weighted by atomic mass is 10.4. The Labute approximate surface area is 84.2 Å². The molecule has 0 rings (SSSR count). The average Bonchev–Trinajstić information content (AvgIpc) is 2.16. The standard InChI is InChI=1S/C8H18N4O2/c1-5-8(10-11-9-6-2)12(14-4)7(3)13/h9,11H,5-6H2,1-4H3/b10-8-. The number of hydrogen-bond acceptors (Lipinski definition) is 5. The van der Waals surface area contributed by atoms with Gasteiger partial charge in [-0.1, -0.05) is 13.8 Å². The molecule has 0 aromatic rings. The third-order valence-corrected chi connectivity index (χ3v) is 1.46. The molecule has 0 aromatic carbocycles. The third-order valence-electron chi connectivity index (χ3n) is 1.46. The minimum absolute atomic E-state index is 0.202. The largest absolute Gasteiger partial charge is 0.272 e. The summed E-state index contributed by atoms with van der Waals surface area (Å²) < 4.78 is 0. The van der Waals surface area contributed by atoms with Crippen molar-refractivity contribution in [2.24, 2.45) is 5.10 Å². The van der Waals surface area contributed by atoms with Crippen LogP contribution in [0, 0.1) is 0 Å². The predicted molar refractivity (Wildman–Crippen MR) is 54.1 cm³/mol. The number of nitrogens with one attached hydrogen (secondary N) is 2. The molecule has 1 amide bonds. The first kappa shape index (κ1) is 12.9. The highest BCUT2D eigenvalue weighted by atomic mass is 16.7. The van der Waals surface area contributed by atoms with E-state index in [1.807, 2.05) is 13.8 Å². The van der Waals surface area contributed by atoms with Gasteiger partial charge in [-0.3, -0.25) is 9.63 Å². The number of hydrazone groups is 1. The van der Waals surface area contributed by atoms with Crippen molar-refractivity contribution in [2.75, 3.05) is 13.7 Å². The van der Waals surface area contributed by atoms with Crippen molar-refractivity contribution < 1.29 is 9.63 Å². The monoisotopic (exact) mass is 202 g/mol. The van der Waals surface area contributed by atoms with E-state index in [2.05, 4.69) is 16.1 Å². The number of carbonyl (C=O) groups excluding carboxylic acids is 1. The zero-order valence-electron chi connectivity index (χ0n) is 9.13. The molecule has 6 heteroatoms. The number of nitrogens with zero attached hydrogens (tertiary/aromatic N) is 2. The normalized spacial score (nSPS) is 11.3. The predicted octanol–water partition coefficient (Wildman–Crippen LogP) is 0.234. The molecule has 0 spiro atoms. The van der Waals surface area contributed by atoms with Gasteiger partial charge < -0.3 is 0 Å². The Bertz CT molecular complexity index is 206. The van der Waals surface area contributed by atoms with E-state index < -0.39 is 0 Å². The van der Waals surface area contributed by atoms with Gasteiger partial charge in [-0.2, -0.15) is 5.06 Å². The molecule has 0 aliphatic heterocycles. The molecule has 6 nitrogen and oxygen atoms in total. The van der Waals surface area contributed by atoms with Crippen molar-refractivity contribution >= 4 is 11.7 Å². The summed E-state index contributed by atoms with van der Waals surface area (Å²) in [7, 11) is 1.43. The van der Waals surface area contributed by atoms with Crippen molar-refractivity contribution in [1.29, 1.82) is 0 Å². The molecule has 0 aliphatic carbocycles. The molecule has 0 fully saturated rings. The fraction of sp³-hybridized carbons (Fsp3) is 0.750. The van der Waals surface area contributed by atoms with E-state index in [9.17, 15) is 4.79 Å². The lowest BCUT2D eigenvalue weighted by Gasteiger charge is -2.18. The van der Waals surface area contributed by atoms with Crippen LogP contribution in [0.2, 0.25) is 0 Å². The van der Waals surface area contributed by atoms with Crippen molar-refractivity contribution in [3.8, 4) is 0 Å². The van der Waals surface area contributed by atoms with E-state index in [0.29, 0.717) is 12.3 Å². The van der Waals surface area contributed by atoms with E-state index in [4.69, 9.17) is 4.84 Å². The quantitative estimate of drug-likeness (QED) is 0.290. The zero-order chi connectivity index (χ0) is 11.0. The van der Waals surface area contributed by atoms with Crippen LogP contribution in [0.1, 0.15) is 27.2 Å². The van der Waals surface area contributed by atoms with E-state index >= 15 is 0 Å². The van der Waals surface area contributed by atoms with E-state index in [1.165, 1.54) is 14.0 Å². The van der Waals surface area contributed by atoms with E-state index in [1.54, 1.807) is 0 Å². The number of hydrogen-bond donors (Lipinski definition) is 2. The average molecular weight is 202 g/mol. The Kier molecular flexibility index (Phi) is 6.69. The summed E-state index contributed by atoms with van der Waals surface area (Å²) in [5.74, 6) is 0.326. The van der Waals surface area contributed by atoms with Crippen LogP contribution in [0.3, 0.4) is 0 Å². The molecule has 0 aliphatic rings. The van der Waals surface area contributed by atoms with Gasteiger partial charge in [-0.15, -0.1) is 5.10 Å². The van der Waals surface area contributed by atoms with Gasteiger partial charge in [-0.05, 0) is 0 Å².